The van der Waals surface area contributed by atoms with E-state index in [1.165, 1.54) is 0 Å². The Morgan fingerprint density at radius 1 is 1.16 bits per heavy atom. The number of rotatable bonds is 6. The van der Waals surface area contributed by atoms with E-state index in [2.05, 4.69) is 14.9 Å². The van der Waals surface area contributed by atoms with Gasteiger partial charge in [0.05, 0.1) is 12.8 Å². The summed E-state index contributed by atoms with van der Waals surface area (Å²) in [7, 11) is 1.59. The average Bonchev–Trinajstić information content (AvgIpc) is 3.03. The predicted octanol–water partition coefficient (Wildman–Crippen LogP) is 3.16. The third-order valence-corrected chi connectivity index (χ3v) is 3.97. The molecule has 128 valence electrons. The van der Waals surface area contributed by atoms with Crippen molar-refractivity contribution in [1.29, 1.82) is 0 Å². The molecule has 0 bridgehead atoms. The molecule has 1 aromatic heterocycles. The van der Waals surface area contributed by atoms with Gasteiger partial charge in [-0.05, 0) is 37.3 Å². The highest BCUT2D eigenvalue weighted by Gasteiger charge is 2.08. The van der Waals surface area contributed by atoms with Gasteiger partial charge < -0.3 is 14.6 Å². The molecule has 3 aromatic rings. The highest BCUT2D eigenvalue weighted by molar-refractivity contribution is 5.94. The summed E-state index contributed by atoms with van der Waals surface area (Å²) < 4.78 is 7.20. The van der Waals surface area contributed by atoms with E-state index in [1.54, 1.807) is 25.3 Å². The quantitative estimate of drug-likeness (QED) is 0.753. The first-order chi connectivity index (χ1) is 12.2. The number of benzene rings is 2. The van der Waals surface area contributed by atoms with Crippen molar-refractivity contribution in [2.24, 2.45) is 0 Å². The number of para-hydroxylation sites is 1. The van der Waals surface area contributed by atoms with E-state index in [0.717, 1.165) is 17.2 Å². The maximum absolute atomic E-state index is 12.2. The van der Waals surface area contributed by atoms with Crippen LogP contribution in [-0.4, -0.2) is 29.1 Å². The topological polar surface area (TPSA) is 56.1 Å². The lowest BCUT2D eigenvalue weighted by Crippen LogP contribution is -2.25. The summed E-state index contributed by atoms with van der Waals surface area (Å²) in [5, 5.41) is 2.92. The molecule has 1 amide bonds. The van der Waals surface area contributed by atoms with Crippen molar-refractivity contribution in [3.8, 4) is 11.4 Å². The Hall–Kier alpha value is -3.08. The number of carbonyl (C=O) groups is 1. The highest BCUT2D eigenvalue weighted by atomic mass is 16.5. The van der Waals surface area contributed by atoms with Crippen LogP contribution in [0.2, 0.25) is 0 Å². The lowest BCUT2D eigenvalue weighted by Gasteiger charge is -2.06. The molecule has 3 rings (SSSR count). The summed E-state index contributed by atoms with van der Waals surface area (Å²) in [4.78, 5) is 16.8. The molecule has 0 aliphatic carbocycles. The molecule has 2 aromatic carbocycles. The number of hydrogen-bond acceptors (Lipinski definition) is 3. The van der Waals surface area contributed by atoms with Gasteiger partial charge in [0.25, 0.3) is 5.91 Å². The first-order valence-corrected chi connectivity index (χ1v) is 8.20. The number of nitrogens with zero attached hydrogens (tertiary/aromatic N) is 2. The number of carbonyl (C=O) groups excluding carboxylic acids is 1. The summed E-state index contributed by atoms with van der Waals surface area (Å²) in [6.45, 7) is 2.51. The van der Waals surface area contributed by atoms with E-state index < -0.39 is 0 Å². The summed E-state index contributed by atoms with van der Waals surface area (Å²) in [6.07, 6.45) is 2.69. The van der Waals surface area contributed by atoms with Crippen LogP contribution in [0.15, 0.2) is 60.8 Å². The van der Waals surface area contributed by atoms with Crippen LogP contribution in [0.4, 0.5) is 0 Å². The van der Waals surface area contributed by atoms with Crippen LogP contribution in [0, 0.1) is 6.92 Å². The minimum absolute atomic E-state index is 0.113. The first-order valence-electron chi connectivity index (χ1n) is 8.20. The maximum atomic E-state index is 12.2. The molecule has 5 nitrogen and oxygen atoms in total. The van der Waals surface area contributed by atoms with Gasteiger partial charge >= 0.3 is 0 Å². The Labute approximate surface area is 147 Å². The van der Waals surface area contributed by atoms with Crippen molar-refractivity contribution in [3.05, 3.63) is 77.9 Å². The van der Waals surface area contributed by atoms with Gasteiger partial charge in [0, 0.05) is 30.4 Å². The molecule has 25 heavy (non-hydrogen) atoms. The summed E-state index contributed by atoms with van der Waals surface area (Å²) in [5.41, 5.74) is 2.62. The largest absolute Gasteiger partial charge is 0.497 e. The van der Waals surface area contributed by atoms with Crippen molar-refractivity contribution < 1.29 is 9.53 Å². The Morgan fingerprint density at radius 2 is 1.96 bits per heavy atom. The van der Waals surface area contributed by atoms with E-state index in [0.29, 0.717) is 24.3 Å². The highest BCUT2D eigenvalue weighted by Crippen LogP contribution is 2.13. The van der Waals surface area contributed by atoms with Crippen LogP contribution in [0.3, 0.4) is 0 Å². The fourth-order valence-corrected chi connectivity index (χ4v) is 2.67. The van der Waals surface area contributed by atoms with Crippen LogP contribution < -0.4 is 10.1 Å². The van der Waals surface area contributed by atoms with E-state index in [-0.39, 0.29) is 5.91 Å². The van der Waals surface area contributed by atoms with Gasteiger partial charge in [-0.2, -0.15) is 0 Å². The molecule has 0 saturated heterocycles. The summed E-state index contributed by atoms with van der Waals surface area (Å²) in [5.74, 6) is 1.49. The number of hydrogen-bond donors (Lipinski definition) is 1. The average molecular weight is 335 g/mol. The van der Waals surface area contributed by atoms with E-state index in [9.17, 15) is 4.79 Å². The Bertz CT molecular complexity index is 856. The molecule has 0 spiro atoms. The van der Waals surface area contributed by atoms with Crippen LogP contribution in [-0.2, 0) is 6.42 Å². The van der Waals surface area contributed by atoms with E-state index in [1.807, 2.05) is 49.5 Å². The second-order valence-electron chi connectivity index (χ2n) is 5.72. The van der Waals surface area contributed by atoms with E-state index in [4.69, 9.17) is 4.74 Å². The lowest BCUT2D eigenvalue weighted by molar-refractivity contribution is 0.0953. The van der Waals surface area contributed by atoms with Crippen molar-refractivity contribution in [1.82, 2.24) is 14.9 Å². The van der Waals surface area contributed by atoms with Gasteiger partial charge in [-0.15, -0.1) is 0 Å². The Kier molecular flexibility index (Phi) is 5.14. The third kappa shape index (κ3) is 4.07. The number of amides is 1. The number of nitrogens with one attached hydrogen (secondary N) is 1. The molecule has 0 atom stereocenters. The fraction of sp³-hybridized carbons (Fsp3) is 0.200. The molecule has 0 radical (unpaired) electrons. The number of aryl methyl sites for hydroxylation is 1. The van der Waals surface area contributed by atoms with Crippen molar-refractivity contribution >= 4 is 5.91 Å². The maximum Gasteiger partial charge on any atom is 0.251 e. The van der Waals surface area contributed by atoms with E-state index >= 15 is 0 Å². The van der Waals surface area contributed by atoms with Gasteiger partial charge in [-0.3, -0.25) is 4.79 Å². The standard InChI is InChI=1S/C20H21N3O2/c1-15-22-17(14-23(15)18-8-4-3-5-9-18)11-12-21-20(24)16-7-6-10-19(13-16)25-2/h3-10,13-14H,11-12H2,1-2H3,(H,21,24). The summed E-state index contributed by atoms with van der Waals surface area (Å²) >= 11 is 0. The number of aromatic nitrogens is 2. The van der Waals surface area contributed by atoms with Crippen LogP contribution in [0.5, 0.6) is 5.75 Å². The molecule has 0 unspecified atom stereocenters. The summed E-state index contributed by atoms with van der Waals surface area (Å²) in [6, 6.07) is 17.2. The zero-order valence-corrected chi connectivity index (χ0v) is 14.4. The molecule has 0 aliphatic heterocycles. The molecular formula is C20H21N3O2. The fourth-order valence-electron chi connectivity index (χ4n) is 2.67. The molecule has 1 heterocycles. The van der Waals surface area contributed by atoms with Gasteiger partial charge in [0.15, 0.2) is 0 Å². The van der Waals surface area contributed by atoms with Crippen molar-refractivity contribution in [2.75, 3.05) is 13.7 Å². The molecule has 0 fully saturated rings. The van der Waals surface area contributed by atoms with Crippen molar-refractivity contribution in [3.63, 3.8) is 0 Å². The minimum atomic E-state index is -0.113. The molecule has 5 heteroatoms. The molecule has 0 saturated carbocycles. The number of imidazole rings is 1. The third-order valence-electron chi connectivity index (χ3n) is 3.97. The van der Waals surface area contributed by atoms with Gasteiger partial charge in [0.2, 0.25) is 0 Å². The Balaban J connectivity index is 1.60. The number of ether oxygens (including phenoxy) is 1. The SMILES string of the molecule is COc1cccc(C(=O)NCCc2cn(-c3ccccc3)c(C)n2)c1. The Morgan fingerprint density at radius 3 is 2.72 bits per heavy atom. The van der Waals surface area contributed by atoms with Gasteiger partial charge in [-0.25, -0.2) is 4.98 Å². The smallest absolute Gasteiger partial charge is 0.251 e. The second-order valence-corrected chi connectivity index (χ2v) is 5.72. The predicted molar refractivity (Wildman–Crippen MR) is 97.3 cm³/mol. The first kappa shape index (κ1) is 16.8. The van der Waals surface area contributed by atoms with Gasteiger partial charge in [-0.1, -0.05) is 24.3 Å². The zero-order chi connectivity index (χ0) is 17.6. The zero-order valence-electron chi connectivity index (χ0n) is 14.4. The van der Waals surface area contributed by atoms with Gasteiger partial charge in [0.1, 0.15) is 11.6 Å². The molecule has 1 N–H and O–H groups in total. The molecular weight excluding hydrogens is 314 g/mol. The van der Waals surface area contributed by atoms with Crippen molar-refractivity contribution in [2.45, 2.75) is 13.3 Å². The lowest BCUT2D eigenvalue weighted by atomic mass is 10.2. The van der Waals surface area contributed by atoms with Crippen LogP contribution in [0.1, 0.15) is 21.9 Å². The second kappa shape index (κ2) is 7.66. The normalized spacial score (nSPS) is 10.5. The molecule has 0 aliphatic rings. The number of methoxy groups -OCH3 is 1. The minimum Gasteiger partial charge on any atom is -0.497 e. The monoisotopic (exact) mass is 335 g/mol. The van der Waals surface area contributed by atoms with Crippen LogP contribution >= 0.6 is 0 Å². The van der Waals surface area contributed by atoms with Crippen LogP contribution in [0.25, 0.3) is 5.69 Å².